The maximum absolute atomic E-state index is 12.1. The number of rotatable bonds is 2. The molecule has 0 aliphatic carbocycles. The van der Waals surface area contributed by atoms with Gasteiger partial charge in [0.15, 0.2) is 6.10 Å². The lowest BCUT2D eigenvalue weighted by Gasteiger charge is -2.09. The Morgan fingerprint density at radius 3 is 2.65 bits per heavy atom. The number of H-pyrrole nitrogens is 1. The number of aromatic nitrogens is 1. The van der Waals surface area contributed by atoms with Gasteiger partial charge >= 0.3 is 6.18 Å². The zero-order chi connectivity index (χ0) is 12.5. The molecule has 2 N–H and O–H groups in total. The predicted molar refractivity (Wildman–Crippen MR) is 59.4 cm³/mol. The molecule has 0 spiro atoms. The third-order valence-electron chi connectivity index (χ3n) is 2.41. The van der Waals surface area contributed by atoms with Crippen LogP contribution >= 0.6 is 0 Å². The van der Waals surface area contributed by atoms with Crippen molar-refractivity contribution in [3.05, 3.63) is 42.1 Å². The van der Waals surface area contributed by atoms with Gasteiger partial charge in [0.2, 0.25) is 0 Å². The SMILES string of the molecule is OC(C=Cc1c[nH]c2ccccc12)C(F)(F)F. The molecule has 0 saturated heterocycles. The minimum absolute atomic E-state index is 0.615. The molecular formula is C12H10F3NO. The summed E-state index contributed by atoms with van der Waals surface area (Å²) >= 11 is 0. The van der Waals surface area contributed by atoms with Gasteiger partial charge in [0, 0.05) is 17.1 Å². The molecule has 2 rings (SSSR count). The van der Waals surface area contributed by atoms with Crippen molar-refractivity contribution in [3.8, 4) is 0 Å². The summed E-state index contributed by atoms with van der Waals surface area (Å²) in [5.74, 6) is 0. The molecule has 2 nitrogen and oxygen atoms in total. The molecule has 0 fully saturated rings. The number of hydrogen-bond donors (Lipinski definition) is 2. The molecule has 0 radical (unpaired) electrons. The number of aliphatic hydroxyl groups excluding tert-OH is 1. The number of para-hydroxylation sites is 1. The van der Waals surface area contributed by atoms with Gasteiger partial charge in [-0.05, 0) is 17.7 Å². The minimum Gasteiger partial charge on any atom is -0.380 e. The quantitative estimate of drug-likeness (QED) is 0.832. The van der Waals surface area contributed by atoms with E-state index < -0.39 is 12.3 Å². The van der Waals surface area contributed by atoms with Crippen LogP contribution in [0.5, 0.6) is 0 Å². The molecule has 0 amide bonds. The van der Waals surface area contributed by atoms with Gasteiger partial charge in [0.05, 0.1) is 0 Å². The van der Waals surface area contributed by atoms with E-state index in [9.17, 15) is 13.2 Å². The van der Waals surface area contributed by atoms with Crippen molar-refractivity contribution in [2.24, 2.45) is 0 Å². The largest absolute Gasteiger partial charge is 0.417 e. The number of aromatic amines is 1. The van der Waals surface area contributed by atoms with E-state index in [0.29, 0.717) is 5.56 Å². The lowest BCUT2D eigenvalue weighted by molar-refractivity contribution is -0.187. The van der Waals surface area contributed by atoms with E-state index in [1.54, 1.807) is 18.3 Å². The van der Waals surface area contributed by atoms with Crippen LogP contribution in [-0.2, 0) is 0 Å². The van der Waals surface area contributed by atoms with Crippen LogP contribution in [0.1, 0.15) is 5.56 Å². The van der Waals surface area contributed by atoms with E-state index >= 15 is 0 Å². The fourth-order valence-electron chi connectivity index (χ4n) is 1.54. The molecular weight excluding hydrogens is 231 g/mol. The Balaban J connectivity index is 2.27. The highest BCUT2D eigenvalue weighted by molar-refractivity contribution is 5.88. The molecule has 0 saturated carbocycles. The highest BCUT2D eigenvalue weighted by Crippen LogP contribution is 2.23. The van der Waals surface area contributed by atoms with Crippen LogP contribution in [-0.4, -0.2) is 22.4 Å². The molecule has 1 unspecified atom stereocenters. The maximum Gasteiger partial charge on any atom is 0.417 e. The van der Waals surface area contributed by atoms with E-state index in [1.807, 2.05) is 12.1 Å². The van der Waals surface area contributed by atoms with Crippen LogP contribution < -0.4 is 0 Å². The van der Waals surface area contributed by atoms with Crippen LogP contribution in [0.4, 0.5) is 13.2 Å². The van der Waals surface area contributed by atoms with Crippen LogP contribution in [0.25, 0.3) is 17.0 Å². The average molecular weight is 241 g/mol. The highest BCUT2D eigenvalue weighted by atomic mass is 19.4. The molecule has 0 bridgehead atoms. The predicted octanol–water partition coefficient (Wildman–Crippen LogP) is 3.10. The van der Waals surface area contributed by atoms with Gasteiger partial charge in [-0.2, -0.15) is 13.2 Å². The molecule has 5 heteroatoms. The maximum atomic E-state index is 12.1. The number of fused-ring (bicyclic) bond motifs is 1. The summed E-state index contributed by atoms with van der Waals surface area (Å²) in [4.78, 5) is 2.94. The Labute approximate surface area is 95.4 Å². The zero-order valence-electron chi connectivity index (χ0n) is 8.70. The van der Waals surface area contributed by atoms with Crippen molar-refractivity contribution >= 4 is 17.0 Å². The number of alkyl halides is 3. The molecule has 1 atom stereocenters. The van der Waals surface area contributed by atoms with Crippen molar-refractivity contribution in [1.82, 2.24) is 4.98 Å². The van der Waals surface area contributed by atoms with Gasteiger partial charge in [-0.15, -0.1) is 0 Å². The minimum atomic E-state index is -4.62. The molecule has 90 valence electrons. The Kier molecular flexibility index (Phi) is 2.93. The highest BCUT2D eigenvalue weighted by Gasteiger charge is 2.36. The molecule has 2 aromatic rings. The monoisotopic (exact) mass is 241 g/mol. The second kappa shape index (κ2) is 4.25. The van der Waals surface area contributed by atoms with Crippen molar-refractivity contribution in [1.29, 1.82) is 0 Å². The molecule has 1 aromatic carbocycles. The van der Waals surface area contributed by atoms with E-state index in [-0.39, 0.29) is 0 Å². The number of hydrogen-bond acceptors (Lipinski definition) is 1. The van der Waals surface area contributed by atoms with Crippen LogP contribution in [0.2, 0.25) is 0 Å². The second-order valence-electron chi connectivity index (χ2n) is 3.64. The van der Waals surface area contributed by atoms with Crippen molar-refractivity contribution in [2.75, 3.05) is 0 Å². The van der Waals surface area contributed by atoms with Crippen LogP contribution in [0, 0.1) is 0 Å². The summed E-state index contributed by atoms with van der Waals surface area (Å²) in [5, 5.41) is 9.65. The topological polar surface area (TPSA) is 36.0 Å². The van der Waals surface area contributed by atoms with Crippen LogP contribution in [0.3, 0.4) is 0 Å². The summed E-state index contributed by atoms with van der Waals surface area (Å²) in [5.41, 5.74) is 1.46. The second-order valence-corrected chi connectivity index (χ2v) is 3.64. The van der Waals surface area contributed by atoms with Gasteiger partial charge in [0.25, 0.3) is 0 Å². The Morgan fingerprint density at radius 2 is 1.94 bits per heavy atom. The van der Waals surface area contributed by atoms with E-state index in [1.165, 1.54) is 6.08 Å². The van der Waals surface area contributed by atoms with E-state index in [2.05, 4.69) is 4.98 Å². The Bertz CT molecular complexity index is 542. The summed E-state index contributed by atoms with van der Waals surface area (Å²) < 4.78 is 36.2. The standard InChI is InChI=1S/C12H10F3NO/c13-12(14,15)11(17)6-5-8-7-16-10-4-2-1-3-9(8)10/h1-7,11,16-17H. The first-order chi connectivity index (χ1) is 7.98. The third kappa shape index (κ3) is 2.50. The molecule has 0 aliphatic rings. The summed E-state index contributed by atoms with van der Waals surface area (Å²) in [6, 6.07) is 7.25. The fraction of sp³-hybridized carbons (Fsp3) is 0.167. The lowest BCUT2D eigenvalue weighted by atomic mass is 10.1. The Hall–Kier alpha value is -1.75. The number of nitrogens with one attached hydrogen (secondary N) is 1. The first-order valence-corrected chi connectivity index (χ1v) is 4.97. The first kappa shape index (κ1) is 11.7. The van der Waals surface area contributed by atoms with Crippen LogP contribution in [0.15, 0.2) is 36.5 Å². The third-order valence-corrected chi connectivity index (χ3v) is 2.41. The van der Waals surface area contributed by atoms with Crippen molar-refractivity contribution in [3.63, 3.8) is 0 Å². The summed E-state index contributed by atoms with van der Waals surface area (Å²) in [6.07, 6.45) is -3.46. The van der Waals surface area contributed by atoms with Crippen molar-refractivity contribution in [2.45, 2.75) is 12.3 Å². The molecule has 0 aliphatic heterocycles. The smallest absolute Gasteiger partial charge is 0.380 e. The van der Waals surface area contributed by atoms with Gasteiger partial charge in [-0.25, -0.2) is 0 Å². The fourth-order valence-corrected chi connectivity index (χ4v) is 1.54. The molecule has 17 heavy (non-hydrogen) atoms. The van der Waals surface area contributed by atoms with Gasteiger partial charge in [0.1, 0.15) is 0 Å². The average Bonchev–Trinajstić information content (AvgIpc) is 2.68. The van der Waals surface area contributed by atoms with E-state index in [4.69, 9.17) is 5.11 Å². The lowest BCUT2D eigenvalue weighted by Crippen LogP contribution is -2.25. The van der Waals surface area contributed by atoms with Gasteiger partial charge < -0.3 is 10.1 Å². The normalized spacial score (nSPS) is 14.6. The zero-order valence-corrected chi connectivity index (χ0v) is 8.70. The number of halogens is 3. The molecule has 1 aromatic heterocycles. The van der Waals surface area contributed by atoms with Crippen molar-refractivity contribution < 1.29 is 18.3 Å². The summed E-state index contributed by atoms with van der Waals surface area (Å²) in [7, 11) is 0. The van der Waals surface area contributed by atoms with Gasteiger partial charge in [-0.3, -0.25) is 0 Å². The van der Waals surface area contributed by atoms with E-state index in [0.717, 1.165) is 17.0 Å². The Morgan fingerprint density at radius 1 is 1.24 bits per heavy atom. The summed E-state index contributed by atoms with van der Waals surface area (Å²) in [6.45, 7) is 0. The number of aliphatic hydroxyl groups is 1. The first-order valence-electron chi connectivity index (χ1n) is 4.97. The molecule has 1 heterocycles. The van der Waals surface area contributed by atoms with Gasteiger partial charge in [-0.1, -0.05) is 24.3 Å². The number of benzene rings is 1.